The van der Waals surface area contributed by atoms with E-state index in [2.05, 4.69) is 0 Å². The first-order valence-corrected chi connectivity index (χ1v) is 7.29. The fourth-order valence-electron chi connectivity index (χ4n) is 3.97. The summed E-state index contributed by atoms with van der Waals surface area (Å²) in [6.07, 6.45) is 16.9. The molecule has 1 unspecified atom stereocenters. The Morgan fingerprint density at radius 2 is 1.53 bits per heavy atom. The molecule has 85 valence electrons. The van der Waals surface area contributed by atoms with Gasteiger partial charge in [0.1, 0.15) is 0 Å². The number of rotatable bonds is 3. The maximum absolute atomic E-state index is 2.03. The van der Waals surface area contributed by atoms with Crippen LogP contribution in [-0.2, 0) is 0 Å². The summed E-state index contributed by atoms with van der Waals surface area (Å²) in [6.45, 7) is 0. The minimum absolute atomic E-state index is 1.06. The van der Waals surface area contributed by atoms with Gasteiger partial charge >= 0.3 is 0 Å². The van der Waals surface area contributed by atoms with E-state index in [4.69, 9.17) is 0 Å². The lowest BCUT2D eigenvalue weighted by atomic mass is 9.70. The average Bonchev–Trinajstić information content (AvgIpc) is 2.93. The predicted octanol–water partition coefficient (Wildman–Crippen LogP) is 4.74. The Hall–Kier alpha value is 0. The van der Waals surface area contributed by atoms with Crippen molar-refractivity contribution < 1.29 is 0 Å². The van der Waals surface area contributed by atoms with E-state index in [-0.39, 0.29) is 0 Å². The van der Waals surface area contributed by atoms with Crippen LogP contribution in [0.4, 0.5) is 0 Å². The lowest BCUT2D eigenvalue weighted by Gasteiger charge is -2.35. The van der Waals surface area contributed by atoms with Crippen molar-refractivity contribution in [3.8, 4) is 0 Å². The molecule has 3 rings (SSSR count). The van der Waals surface area contributed by atoms with Gasteiger partial charge in [0.25, 0.3) is 0 Å². The van der Waals surface area contributed by atoms with Gasteiger partial charge in [-0.3, -0.25) is 0 Å². The van der Waals surface area contributed by atoms with Crippen molar-refractivity contribution in [2.45, 2.75) is 70.6 Å². The second-order valence-electron chi connectivity index (χ2n) is 6.18. The predicted molar refractivity (Wildman–Crippen MR) is 64.5 cm³/mol. The van der Waals surface area contributed by atoms with Crippen LogP contribution in [0.25, 0.3) is 0 Å². The molecule has 0 aromatic heterocycles. The van der Waals surface area contributed by atoms with Crippen molar-refractivity contribution >= 4 is 0 Å². The van der Waals surface area contributed by atoms with Crippen molar-refractivity contribution in [3.63, 3.8) is 0 Å². The van der Waals surface area contributed by atoms with Gasteiger partial charge in [0.15, 0.2) is 0 Å². The monoisotopic (exact) mass is 205 g/mol. The van der Waals surface area contributed by atoms with Crippen LogP contribution in [0.5, 0.6) is 0 Å². The first kappa shape index (κ1) is 10.2. The Morgan fingerprint density at radius 1 is 0.800 bits per heavy atom. The molecule has 1 radical (unpaired) electrons. The topological polar surface area (TPSA) is 0 Å². The summed E-state index contributed by atoms with van der Waals surface area (Å²) in [5.41, 5.74) is 0. The van der Waals surface area contributed by atoms with Crippen LogP contribution in [0.2, 0.25) is 0 Å². The highest BCUT2D eigenvalue weighted by Gasteiger charge is 2.36. The lowest BCUT2D eigenvalue weighted by molar-refractivity contribution is 0.297. The van der Waals surface area contributed by atoms with Crippen LogP contribution in [0, 0.1) is 23.7 Å². The highest BCUT2D eigenvalue weighted by Crippen LogP contribution is 2.49. The Kier molecular flexibility index (Phi) is 3.03. The second kappa shape index (κ2) is 4.47. The largest absolute Gasteiger partial charge is 0.0530 e. The standard InChI is InChI=1S/C15H25/c1-2-6-13(5-1)15-8-4-3-7-14(15)11-12-9-10-12/h12-14H,1-11H2. The van der Waals surface area contributed by atoms with Crippen LogP contribution in [0.15, 0.2) is 0 Å². The van der Waals surface area contributed by atoms with Crippen molar-refractivity contribution in [2.24, 2.45) is 17.8 Å². The summed E-state index contributed by atoms with van der Waals surface area (Å²) in [7, 11) is 0. The zero-order valence-corrected chi connectivity index (χ0v) is 10.0. The fourth-order valence-corrected chi connectivity index (χ4v) is 3.97. The molecule has 3 aliphatic carbocycles. The molecule has 0 aromatic carbocycles. The molecule has 3 saturated carbocycles. The van der Waals surface area contributed by atoms with Gasteiger partial charge in [-0.05, 0) is 55.8 Å². The zero-order chi connectivity index (χ0) is 10.1. The smallest absolute Gasteiger partial charge is 0.0179 e. The second-order valence-corrected chi connectivity index (χ2v) is 6.18. The van der Waals surface area contributed by atoms with E-state index in [9.17, 15) is 0 Å². The van der Waals surface area contributed by atoms with E-state index < -0.39 is 0 Å². The van der Waals surface area contributed by atoms with Crippen LogP contribution in [0.1, 0.15) is 70.6 Å². The lowest BCUT2D eigenvalue weighted by Crippen LogP contribution is -2.24. The molecule has 0 heteroatoms. The first-order valence-electron chi connectivity index (χ1n) is 7.29. The highest BCUT2D eigenvalue weighted by molar-refractivity contribution is 5.06. The molecular formula is C15H25. The third kappa shape index (κ3) is 2.40. The van der Waals surface area contributed by atoms with Gasteiger partial charge in [0.2, 0.25) is 0 Å². The van der Waals surface area contributed by atoms with E-state index >= 15 is 0 Å². The summed E-state index contributed by atoms with van der Waals surface area (Å²) >= 11 is 0. The van der Waals surface area contributed by atoms with Crippen LogP contribution < -0.4 is 0 Å². The minimum Gasteiger partial charge on any atom is -0.0530 e. The SMILES string of the molecule is C1CCC(CC2CC2)[C](C2CCCC2)C1. The molecular weight excluding hydrogens is 180 g/mol. The van der Waals surface area contributed by atoms with Crippen molar-refractivity contribution in [3.05, 3.63) is 5.92 Å². The molecule has 1 atom stereocenters. The molecule has 0 bridgehead atoms. The van der Waals surface area contributed by atoms with Crippen LogP contribution in [0.3, 0.4) is 0 Å². The Balaban J connectivity index is 1.60. The molecule has 0 spiro atoms. The average molecular weight is 205 g/mol. The van der Waals surface area contributed by atoms with Crippen molar-refractivity contribution in [1.82, 2.24) is 0 Å². The molecule has 0 saturated heterocycles. The molecule has 0 N–H and O–H groups in total. The third-order valence-electron chi connectivity index (χ3n) is 4.99. The van der Waals surface area contributed by atoms with Gasteiger partial charge < -0.3 is 0 Å². The Labute approximate surface area is 94.8 Å². The molecule has 0 heterocycles. The quantitative estimate of drug-likeness (QED) is 0.624. The normalized spacial score (nSPS) is 34.8. The molecule has 0 aliphatic heterocycles. The van der Waals surface area contributed by atoms with E-state index in [0.29, 0.717) is 0 Å². The molecule has 0 amide bonds. The minimum atomic E-state index is 1.06. The van der Waals surface area contributed by atoms with Gasteiger partial charge in [-0.15, -0.1) is 0 Å². The Bertz CT molecular complexity index is 198. The summed E-state index contributed by atoms with van der Waals surface area (Å²) in [5, 5.41) is 0. The molecule has 0 nitrogen and oxygen atoms in total. The summed E-state index contributed by atoms with van der Waals surface area (Å²) in [6, 6.07) is 0. The van der Waals surface area contributed by atoms with E-state index in [1.165, 1.54) is 44.9 Å². The van der Waals surface area contributed by atoms with Gasteiger partial charge in [-0.2, -0.15) is 0 Å². The maximum Gasteiger partial charge on any atom is -0.0179 e. The van der Waals surface area contributed by atoms with Crippen LogP contribution >= 0.6 is 0 Å². The van der Waals surface area contributed by atoms with E-state index in [0.717, 1.165) is 17.8 Å². The van der Waals surface area contributed by atoms with E-state index in [1.807, 2.05) is 5.92 Å². The van der Waals surface area contributed by atoms with Gasteiger partial charge in [0.05, 0.1) is 0 Å². The number of hydrogen-bond donors (Lipinski definition) is 0. The van der Waals surface area contributed by atoms with Gasteiger partial charge in [-0.1, -0.05) is 38.5 Å². The van der Waals surface area contributed by atoms with Crippen LogP contribution in [-0.4, -0.2) is 0 Å². The van der Waals surface area contributed by atoms with E-state index in [1.54, 1.807) is 25.7 Å². The van der Waals surface area contributed by atoms with Crippen molar-refractivity contribution in [2.75, 3.05) is 0 Å². The molecule has 15 heavy (non-hydrogen) atoms. The zero-order valence-electron chi connectivity index (χ0n) is 10.0. The van der Waals surface area contributed by atoms with Gasteiger partial charge in [0, 0.05) is 0 Å². The van der Waals surface area contributed by atoms with Crippen molar-refractivity contribution in [1.29, 1.82) is 0 Å². The number of hydrogen-bond acceptors (Lipinski definition) is 0. The Morgan fingerprint density at radius 3 is 2.27 bits per heavy atom. The molecule has 0 aromatic rings. The fraction of sp³-hybridized carbons (Fsp3) is 0.933. The molecule has 3 aliphatic rings. The summed E-state index contributed by atoms with van der Waals surface area (Å²) in [4.78, 5) is 0. The maximum atomic E-state index is 2.03. The first-order chi connectivity index (χ1) is 7.43. The molecule has 3 fully saturated rings. The van der Waals surface area contributed by atoms with Gasteiger partial charge in [-0.25, -0.2) is 0 Å². The summed E-state index contributed by atoms with van der Waals surface area (Å²) in [5.74, 6) is 5.30. The third-order valence-corrected chi connectivity index (χ3v) is 4.99. The summed E-state index contributed by atoms with van der Waals surface area (Å²) < 4.78 is 0. The highest BCUT2D eigenvalue weighted by atomic mass is 14.4.